The molecule has 3 heterocycles. The van der Waals surface area contributed by atoms with E-state index in [-0.39, 0.29) is 0 Å². The molecule has 2 aromatic heterocycles. The summed E-state index contributed by atoms with van der Waals surface area (Å²) in [4.78, 5) is 4.02. The summed E-state index contributed by atoms with van der Waals surface area (Å²) in [6.07, 6.45) is 7.67. The third-order valence-electron chi connectivity index (χ3n) is 3.81. The number of hydrogen-bond acceptors (Lipinski definition) is 5. The van der Waals surface area contributed by atoms with Gasteiger partial charge in [-0.2, -0.15) is 5.10 Å². The maximum absolute atomic E-state index is 5.81. The molecule has 3 rings (SSSR count). The van der Waals surface area contributed by atoms with Crippen molar-refractivity contribution in [1.29, 1.82) is 0 Å². The van der Waals surface area contributed by atoms with Gasteiger partial charge < -0.3 is 15.2 Å². The maximum atomic E-state index is 5.81. The Bertz CT molecular complexity index is 561. The van der Waals surface area contributed by atoms with Gasteiger partial charge in [-0.25, -0.2) is 4.98 Å². The van der Waals surface area contributed by atoms with Crippen molar-refractivity contribution in [3.8, 4) is 11.5 Å². The molecule has 2 aromatic rings. The quantitative estimate of drug-likeness (QED) is 0.883. The van der Waals surface area contributed by atoms with Gasteiger partial charge in [0.1, 0.15) is 11.6 Å². The van der Waals surface area contributed by atoms with Crippen molar-refractivity contribution in [3.05, 3.63) is 30.2 Å². The van der Waals surface area contributed by atoms with Gasteiger partial charge in [0, 0.05) is 13.2 Å². The lowest BCUT2D eigenvalue weighted by Crippen LogP contribution is -2.16. The number of pyridine rings is 1. The highest BCUT2D eigenvalue weighted by molar-refractivity contribution is 5.36. The molecule has 0 radical (unpaired) electrons. The Kier molecular flexibility index (Phi) is 4.35. The van der Waals surface area contributed by atoms with E-state index in [4.69, 9.17) is 15.2 Å². The van der Waals surface area contributed by atoms with Crippen molar-refractivity contribution in [2.75, 3.05) is 18.9 Å². The van der Waals surface area contributed by atoms with E-state index < -0.39 is 0 Å². The second-order valence-electron chi connectivity index (χ2n) is 5.33. The first-order valence-corrected chi connectivity index (χ1v) is 7.30. The van der Waals surface area contributed by atoms with Crippen LogP contribution < -0.4 is 10.5 Å². The van der Waals surface area contributed by atoms with Crippen molar-refractivity contribution in [2.24, 2.45) is 5.92 Å². The highest BCUT2D eigenvalue weighted by Crippen LogP contribution is 2.27. The Morgan fingerprint density at radius 2 is 2.14 bits per heavy atom. The molecule has 6 heteroatoms. The van der Waals surface area contributed by atoms with Gasteiger partial charge in [0.05, 0.1) is 18.1 Å². The van der Waals surface area contributed by atoms with Crippen LogP contribution in [0.5, 0.6) is 11.5 Å². The zero-order chi connectivity index (χ0) is 14.5. The third-order valence-corrected chi connectivity index (χ3v) is 3.81. The van der Waals surface area contributed by atoms with E-state index in [0.717, 1.165) is 56.3 Å². The van der Waals surface area contributed by atoms with Gasteiger partial charge in [-0.15, -0.1) is 0 Å². The maximum Gasteiger partial charge on any atom is 0.168 e. The first-order valence-electron chi connectivity index (χ1n) is 7.30. The number of ether oxygens (including phenoxy) is 2. The summed E-state index contributed by atoms with van der Waals surface area (Å²) in [6, 6.07) is 3.52. The average Bonchev–Trinajstić information content (AvgIpc) is 2.96. The lowest BCUT2D eigenvalue weighted by molar-refractivity contribution is 0.0639. The van der Waals surface area contributed by atoms with Crippen LogP contribution in [0.2, 0.25) is 0 Å². The van der Waals surface area contributed by atoms with Gasteiger partial charge in [0.15, 0.2) is 5.75 Å². The minimum Gasteiger partial charge on any atom is -0.452 e. The van der Waals surface area contributed by atoms with E-state index in [0.29, 0.717) is 11.6 Å². The molecule has 1 fully saturated rings. The molecular weight excluding hydrogens is 268 g/mol. The smallest absolute Gasteiger partial charge is 0.168 e. The van der Waals surface area contributed by atoms with Gasteiger partial charge in [-0.1, -0.05) is 0 Å². The topological polar surface area (TPSA) is 86.0 Å². The minimum absolute atomic E-state index is 0.481. The van der Waals surface area contributed by atoms with Crippen molar-refractivity contribution in [1.82, 2.24) is 15.2 Å². The lowest BCUT2D eigenvalue weighted by Gasteiger charge is -2.21. The lowest BCUT2D eigenvalue weighted by atomic mass is 9.94. The van der Waals surface area contributed by atoms with Crippen molar-refractivity contribution >= 4 is 5.82 Å². The number of aromatic amines is 1. The average molecular weight is 288 g/mol. The Balaban J connectivity index is 1.59. The number of hydrogen-bond donors (Lipinski definition) is 2. The fraction of sp³-hybridized carbons (Fsp3) is 0.467. The molecule has 0 unspecified atom stereocenters. The fourth-order valence-corrected chi connectivity index (χ4v) is 2.53. The van der Waals surface area contributed by atoms with E-state index in [1.807, 2.05) is 0 Å². The predicted molar refractivity (Wildman–Crippen MR) is 79.2 cm³/mol. The summed E-state index contributed by atoms with van der Waals surface area (Å²) >= 11 is 0. The van der Waals surface area contributed by atoms with E-state index in [1.54, 1.807) is 24.5 Å². The zero-order valence-electron chi connectivity index (χ0n) is 11.9. The second-order valence-corrected chi connectivity index (χ2v) is 5.33. The van der Waals surface area contributed by atoms with E-state index in [2.05, 4.69) is 15.2 Å². The normalized spacial score (nSPS) is 16.0. The molecule has 6 nitrogen and oxygen atoms in total. The van der Waals surface area contributed by atoms with Gasteiger partial charge in [0.2, 0.25) is 0 Å². The number of H-pyrrole nitrogens is 1. The Morgan fingerprint density at radius 1 is 1.29 bits per heavy atom. The van der Waals surface area contributed by atoms with Crippen molar-refractivity contribution < 1.29 is 9.47 Å². The molecule has 3 N–H and O–H groups in total. The first-order chi connectivity index (χ1) is 10.3. The Hall–Kier alpha value is -2.08. The van der Waals surface area contributed by atoms with Crippen molar-refractivity contribution in [2.45, 2.75) is 25.7 Å². The molecule has 0 spiro atoms. The summed E-state index contributed by atoms with van der Waals surface area (Å²) in [5.74, 6) is 2.63. The molecule has 0 saturated carbocycles. The number of nitrogens with one attached hydrogen (secondary N) is 1. The Labute approximate surface area is 123 Å². The number of aryl methyl sites for hydroxylation is 1. The summed E-state index contributed by atoms with van der Waals surface area (Å²) in [5.41, 5.74) is 6.59. The molecule has 0 aromatic carbocycles. The number of anilines is 1. The van der Waals surface area contributed by atoms with Crippen LogP contribution >= 0.6 is 0 Å². The van der Waals surface area contributed by atoms with Crippen LogP contribution in [-0.2, 0) is 11.2 Å². The minimum atomic E-state index is 0.481. The van der Waals surface area contributed by atoms with Crippen LogP contribution in [0.3, 0.4) is 0 Å². The molecular formula is C15H20N4O2. The standard InChI is InChI=1S/C15H20N4O2/c16-15-4-2-12(9-17-15)21-14-10-18-19-13(14)3-1-11-5-7-20-8-6-11/h2,4,9-11H,1,3,5-8H2,(H2,16,17)(H,18,19). The van der Waals surface area contributed by atoms with Crippen LogP contribution in [0.4, 0.5) is 5.82 Å². The molecule has 0 aliphatic carbocycles. The van der Waals surface area contributed by atoms with Gasteiger partial charge in [0.25, 0.3) is 0 Å². The van der Waals surface area contributed by atoms with Gasteiger partial charge in [-0.05, 0) is 43.7 Å². The van der Waals surface area contributed by atoms with Gasteiger partial charge >= 0.3 is 0 Å². The highest BCUT2D eigenvalue weighted by atomic mass is 16.5. The number of rotatable bonds is 5. The number of nitrogens with two attached hydrogens (primary N) is 1. The summed E-state index contributed by atoms with van der Waals surface area (Å²) in [5, 5.41) is 7.11. The number of nitrogens with zero attached hydrogens (tertiary/aromatic N) is 2. The molecule has 112 valence electrons. The van der Waals surface area contributed by atoms with Crippen LogP contribution in [-0.4, -0.2) is 28.4 Å². The number of nitrogen functional groups attached to an aromatic ring is 1. The second kappa shape index (κ2) is 6.58. The third kappa shape index (κ3) is 3.72. The Morgan fingerprint density at radius 3 is 2.90 bits per heavy atom. The van der Waals surface area contributed by atoms with E-state index in [9.17, 15) is 0 Å². The first kappa shape index (κ1) is 13.9. The SMILES string of the molecule is Nc1ccc(Oc2cn[nH]c2CCC2CCOCC2)cn1. The molecule has 0 atom stereocenters. The summed E-state index contributed by atoms with van der Waals surface area (Å²) in [6.45, 7) is 1.77. The molecule has 1 saturated heterocycles. The summed E-state index contributed by atoms with van der Waals surface area (Å²) < 4.78 is 11.2. The molecule has 0 bridgehead atoms. The monoisotopic (exact) mass is 288 g/mol. The van der Waals surface area contributed by atoms with Crippen LogP contribution in [0.15, 0.2) is 24.5 Å². The molecule has 1 aliphatic heterocycles. The fourth-order valence-electron chi connectivity index (χ4n) is 2.53. The van der Waals surface area contributed by atoms with Crippen molar-refractivity contribution in [3.63, 3.8) is 0 Å². The molecule has 21 heavy (non-hydrogen) atoms. The largest absolute Gasteiger partial charge is 0.452 e. The van der Waals surface area contributed by atoms with E-state index >= 15 is 0 Å². The molecule has 0 amide bonds. The predicted octanol–water partition coefficient (Wildman–Crippen LogP) is 2.54. The summed E-state index contributed by atoms with van der Waals surface area (Å²) in [7, 11) is 0. The highest BCUT2D eigenvalue weighted by Gasteiger charge is 2.15. The molecule has 1 aliphatic rings. The van der Waals surface area contributed by atoms with Crippen LogP contribution in [0, 0.1) is 5.92 Å². The van der Waals surface area contributed by atoms with Crippen LogP contribution in [0.25, 0.3) is 0 Å². The zero-order valence-corrected chi connectivity index (χ0v) is 11.9. The van der Waals surface area contributed by atoms with Gasteiger partial charge in [-0.3, -0.25) is 5.10 Å². The number of aromatic nitrogens is 3. The van der Waals surface area contributed by atoms with Crippen LogP contribution in [0.1, 0.15) is 25.0 Å². The van der Waals surface area contributed by atoms with E-state index in [1.165, 1.54) is 0 Å².